The molecule has 3 N–H and O–H groups in total. The van der Waals surface area contributed by atoms with Gasteiger partial charge in [-0.2, -0.15) is 0 Å². The van der Waals surface area contributed by atoms with Gasteiger partial charge in [0, 0.05) is 35.4 Å². The number of rotatable bonds is 5. The number of anilines is 2. The van der Waals surface area contributed by atoms with Crippen LogP contribution < -0.4 is 10.6 Å². The molecule has 0 aliphatic heterocycles. The number of nitrogens with one attached hydrogen (secondary N) is 3. The number of aromatic amines is 1. The fraction of sp³-hybridized carbons (Fsp3) is 0.105. The number of oxazole rings is 1. The summed E-state index contributed by atoms with van der Waals surface area (Å²) < 4.78 is 5.31. The van der Waals surface area contributed by atoms with Crippen LogP contribution in [0.5, 0.6) is 0 Å². The third kappa shape index (κ3) is 3.14. The molecule has 1 aromatic carbocycles. The number of amides is 1. The topological polar surface area (TPSA) is 95.8 Å². The van der Waals surface area contributed by atoms with Crippen molar-refractivity contribution in [3.8, 4) is 11.5 Å². The lowest BCUT2D eigenvalue weighted by Crippen LogP contribution is -2.22. The number of nitrogens with zero attached hydrogens (tertiary/aromatic N) is 2. The first-order valence-corrected chi connectivity index (χ1v) is 8.26. The van der Waals surface area contributed by atoms with Gasteiger partial charge in [0.05, 0.1) is 17.4 Å². The molecule has 0 aliphatic rings. The van der Waals surface area contributed by atoms with Crippen LogP contribution in [0.4, 0.5) is 11.5 Å². The smallest absolute Gasteiger partial charge is 0.251 e. The van der Waals surface area contributed by atoms with E-state index >= 15 is 0 Å². The Morgan fingerprint density at radius 1 is 1.19 bits per heavy atom. The van der Waals surface area contributed by atoms with Gasteiger partial charge in [0.15, 0.2) is 12.2 Å². The Labute approximate surface area is 149 Å². The largest absolute Gasteiger partial charge is 0.442 e. The van der Waals surface area contributed by atoms with E-state index in [0.29, 0.717) is 23.7 Å². The molecule has 0 atom stereocenters. The molecule has 0 fully saturated rings. The molecule has 0 aliphatic carbocycles. The van der Waals surface area contributed by atoms with Crippen LogP contribution in [0.25, 0.3) is 22.4 Å². The number of carbonyl (C=O) groups is 1. The van der Waals surface area contributed by atoms with Crippen molar-refractivity contribution in [2.45, 2.75) is 6.92 Å². The van der Waals surface area contributed by atoms with Gasteiger partial charge in [0.2, 0.25) is 0 Å². The van der Waals surface area contributed by atoms with Gasteiger partial charge in [-0.3, -0.25) is 4.79 Å². The van der Waals surface area contributed by atoms with Gasteiger partial charge in [-0.15, -0.1) is 0 Å². The van der Waals surface area contributed by atoms with Gasteiger partial charge in [-0.25, -0.2) is 9.97 Å². The van der Waals surface area contributed by atoms with Crippen molar-refractivity contribution in [1.29, 1.82) is 0 Å². The minimum atomic E-state index is -0.0788. The molecule has 0 radical (unpaired) electrons. The van der Waals surface area contributed by atoms with Crippen LogP contribution in [0.1, 0.15) is 17.3 Å². The third-order valence-electron chi connectivity index (χ3n) is 3.96. The van der Waals surface area contributed by atoms with Crippen LogP contribution in [0.3, 0.4) is 0 Å². The van der Waals surface area contributed by atoms with Crippen molar-refractivity contribution in [3.63, 3.8) is 0 Å². The number of H-pyrrole nitrogens is 1. The fourth-order valence-corrected chi connectivity index (χ4v) is 2.69. The second kappa shape index (κ2) is 6.72. The summed E-state index contributed by atoms with van der Waals surface area (Å²) in [4.78, 5) is 23.5. The van der Waals surface area contributed by atoms with E-state index < -0.39 is 0 Å². The van der Waals surface area contributed by atoms with Crippen LogP contribution in [0.15, 0.2) is 59.6 Å². The van der Waals surface area contributed by atoms with Crippen molar-refractivity contribution < 1.29 is 9.21 Å². The molecule has 0 saturated heterocycles. The molecular formula is C19H17N5O2. The Morgan fingerprint density at radius 3 is 2.77 bits per heavy atom. The average Bonchev–Trinajstić information content (AvgIpc) is 3.31. The maximum Gasteiger partial charge on any atom is 0.251 e. The first-order valence-electron chi connectivity index (χ1n) is 8.26. The molecule has 0 unspecified atom stereocenters. The number of carbonyl (C=O) groups excluding carboxylic acids is 1. The van der Waals surface area contributed by atoms with Crippen molar-refractivity contribution in [2.24, 2.45) is 0 Å². The highest BCUT2D eigenvalue weighted by atomic mass is 16.3. The maximum absolute atomic E-state index is 11.8. The van der Waals surface area contributed by atoms with Gasteiger partial charge in [-0.1, -0.05) is 0 Å². The van der Waals surface area contributed by atoms with E-state index in [9.17, 15) is 4.79 Å². The number of aromatic nitrogens is 3. The number of hydrogen-bond acceptors (Lipinski definition) is 5. The van der Waals surface area contributed by atoms with Crippen LogP contribution in [0.2, 0.25) is 0 Å². The standard InChI is InChI=1S/C19H17N5O2/c1-2-21-19(25)12-3-5-14(6-4-12)23-18-8-15-13(9-22-18)7-16(24-15)17-10-20-11-26-17/h3-11,24H,2H2,1H3,(H,21,25)(H,22,23). The van der Waals surface area contributed by atoms with E-state index in [-0.39, 0.29) is 5.91 Å². The molecule has 4 rings (SSSR count). The molecule has 7 nitrogen and oxygen atoms in total. The van der Waals surface area contributed by atoms with E-state index in [1.807, 2.05) is 31.2 Å². The summed E-state index contributed by atoms with van der Waals surface area (Å²) in [5.74, 6) is 1.30. The zero-order valence-corrected chi connectivity index (χ0v) is 14.1. The van der Waals surface area contributed by atoms with Crippen molar-refractivity contribution in [3.05, 3.63) is 60.7 Å². The van der Waals surface area contributed by atoms with Crippen molar-refractivity contribution >= 4 is 28.3 Å². The zero-order chi connectivity index (χ0) is 17.9. The lowest BCUT2D eigenvalue weighted by molar-refractivity contribution is 0.0956. The van der Waals surface area contributed by atoms with Crippen LogP contribution in [-0.4, -0.2) is 27.4 Å². The molecule has 130 valence electrons. The molecular weight excluding hydrogens is 330 g/mol. The van der Waals surface area contributed by atoms with Gasteiger partial charge in [0.1, 0.15) is 5.82 Å². The number of benzene rings is 1. The molecule has 0 bridgehead atoms. The van der Waals surface area contributed by atoms with Gasteiger partial charge < -0.3 is 20.0 Å². The van der Waals surface area contributed by atoms with Crippen LogP contribution >= 0.6 is 0 Å². The van der Waals surface area contributed by atoms with E-state index in [1.165, 1.54) is 6.39 Å². The molecule has 3 heterocycles. The van der Waals surface area contributed by atoms with E-state index in [2.05, 4.69) is 25.6 Å². The summed E-state index contributed by atoms with van der Waals surface area (Å²) in [5, 5.41) is 7.00. The number of hydrogen-bond donors (Lipinski definition) is 3. The second-order valence-electron chi connectivity index (χ2n) is 5.77. The quantitative estimate of drug-likeness (QED) is 0.511. The number of pyridine rings is 1. The molecule has 1 amide bonds. The Morgan fingerprint density at radius 2 is 2.04 bits per heavy atom. The van der Waals surface area contributed by atoms with Gasteiger partial charge in [0.25, 0.3) is 5.91 Å². The van der Waals surface area contributed by atoms with Crippen LogP contribution in [-0.2, 0) is 0 Å². The zero-order valence-electron chi connectivity index (χ0n) is 14.1. The molecule has 0 spiro atoms. The minimum Gasteiger partial charge on any atom is -0.442 e. The SMILES string of the molecule is CCNC(=O)c1ccc(Nc2cc3[nH]c(-c4cnco4)cc3cn2)cc1. The van der Waals surface area contributed by atoms with E-state index in [1.54, 1.807) is 24.5 Å². The molecule has 26 heavy (non-hydrogen) atoms. The predicted molar refractivity (Wildman–Crippen MR) is 99.3 cm³/mol. The predicted octanol–water partition coefficient (Wildman–Crippen LogP) is 3.71. The summed E-state index contributed by atoms with van der Waals surface area (Å²) >= 11 is 0. The minimum absolute atomic E-state index is 0.0788. The summed E-state index contributed by atoms with van der Waals surface area (Å²) in [7, 11) is 0. The molecule has 3 aromatic heterocycles. The average molecular weight is 347 g/mol. The highest BCUT2D eigenvalue weighted by Crippen LogP contribution is 2.25. The number of fused-ring (bicyclic) bond motifs is 1. The maximum atomic E-state index is 11.8. The third-order valence-corrected chi connectivity index (χ3v) is 3.96. The fourth-order valence-electron chi connectivity index (χ4n) is 2.69. The lowest BCUT2D eigenvalue weighted by Gasteiger charge is -2.07. The first kappa shape index (κ1) is 15.9. The van der Waals surface area contributed by atoms with Gasteiger partial charge in [-0.05, 0) is 37.3 Å². The summed E-state index contributed by atoms with van der Waals surface area (Å²) in [6.07, 6.45) is 4.85. The van der Waals surface area contributed by atoms with E-state index in [4.69, 9.17) is 4.42 Å². The normalized spacial score (nSPS) is 10.8. The molecule has 0 saturated carbocycles. The van der Waals surface area contributed by atoms with Crippen molar-refractivity contribution in [2.75, 3.05) is 11.9 Å². The highest BCUT2D eigenvalue weighted by molar-refractivity contribution is 5.94. The van der Waals surface area contributed by atoms with Crippen molar-refractivity contribution in [1.82, 2.24) is 20.3 Å². The first-order chi connectivity index (χ1) is 12.7. The van der Waals surface area contributed by atoms with Crippen LogP contribution in [0, 0.1) is 0 Å². The summed E-state index contributed by atoms with van der Waals surface area (Å²) in [6, 6.07) is 11.2. The Hall–Kier alpha value is -3.61. The molecule has 7 heteroatoms. The Balaban J connectivity index is 1.54. The lowest BCUT2D eigenvalue weighted by atomic mass is 10.2. The summed E-state index contributed by atoms with van der Waals surface area (Å²) in [6.45, 7) is 2.50. The molecule has 4 aromatic rings. The highest BCUT2D eigenvalue weighted by Gasteiger charge is 2.08. The Kier molecular flexibility index (Phi) is 4.10. The van der Waals surface area contributed by atoms with Gasteiger partial charge >= 0.3 is 0 Å². The second-order valence-corrected chi connectivity index (χ2v) is 5.77. The summed E-state index contributed by atoms with van der Waals surface area (Å²) in [5.41, 5.74) is 3.27. The monoisotopic (exact) mass is 347 g/mol. The van der Waals surface area contributed by atoms with E-state index in [0.717, 1.165) is 22.3 Å². The Bertz CT molecular complexity index is 1040.